The van der Waals surface area contributed by atoms with Gasteiger partial charge in [-0.2, -0.15) is 0 Å². The molecule has 1 aliphatic rings. The van der Waals surface area contributed by atoms with E-state index < -0.39 is 0 Å². The predicted molar refractivity (Wildman–Crippen MR) is 110 cm³/mol. The summed E-state index contributed by atoms with van der Waals surface area (Å²) in [7, 11) is 0. The first-order valence-electron chi connectivity index (χ1n) is 10.3. The molecule has 148 valence electrons. The van der Waals surface area contributed by atoms with Crippen LogP contribution >= 0.6 is 0 Å². The summed E-state index contributed by atoms with van der Waals surface area (Å²) in [5.41, 5.74) is 4.08. The van der Waals surface area contributed by atoms with Crippen molar-refractivity contribution in [3.05, 3.63) is 54.1 Å². The highest BCUT2D eigenvalue weighted by molar-refractivity contribution is 5.81. The number of aromatic amines is 1. The molecular formula is C23H28FN3O. The number of nitrogens with one attached hydrogen (secondary N) is 2. The van der Waals surface area contributed by atoms with E-state index in [-0.39, 0.29) is 18.5 Å². The maximum Gasteiger partial charge on any atom is 0.131 e. The first kappa shape index (κ1) is 19.1. The largest absolute Gasteiger partial charge is 0.395 e. The third kappa shape index (κ3) is 4.42. The summed E-state index contributed by atoms with van der Waals surface area (Å²) in [6.07, 6.45) is 9.13. The maximum atomic E-state index is 14.7. The Kier molecular flexibility index (Phi) is 6.03. The Labute approximate surface area is 165 Å². The minimum Gasteiger partial charge on any atom is -0.395 e. The summed E-state index contributed by atoms with van der Waals surface area (Å²) in [4.78, 5) is 7.27. The van der Waals surface area contributed by atoms with Crippen LogP contribution in [0.4, 0.5) is 4.39 Å². The van der Waals surface area contributed by atoms with Gasteiger partial charge in [0.05, 0.1) is 24.0 Å². The molecule has 0 amide bonds. The van der Waals surface area contributed by atoms with E-state index in [9.17, 15) is 9.50 Å². The molecule has 1 saturated carbocycles. The molecule has 5 heteroatoms. The van der Waals surface area contributed by atoms with Gasteiger partial charge >= 0.3 is 0 Å². The Morgan fingerprint density at radius 2 is 2.00 bits per heavy atom. The molecular weight excluding hydrogens is 353 g/mol. The van der Waals surface area contributed by atoms with Crippen LogP contribution in [0.5, 0.6) is 0 Å². The van der Waals surface area contributed by atoms with E-state index in [2.05, 4.69) is 15.3 Å². The lowest BCUT2D eigenvalue weighted by molar-refractivity contribution is 0.203. The number of imidazole rings is 1. The van der Waals surface area contributed by atoms with Crippen molar-refractivity contribution in [2.24, 2.45) is 5.92 Å². The van der Waals surface area contributed by atoms with Crippen molar-refractivity contribution in [1.29, 1.82) is 0 Å². The number of aromatic nitrogens is 2. The van der Waals surface area contributed by atoms with Gasteiger partial charge in [0.2, 0.25) is 0 Å². The Morgan fingerprint density at radius 1 is 1.14 bits per heavy atom. The molecule has 2 aromatic carbocycles. The number of benzene rings is 2. The molecule has 0 spiro atoms. The molecule has 4 rings (SSSR count). The maximum absolute atomic E-state index is 14.7. The molecule has 3 N–H and O–H groups in total. The normalized spacial score (nSPS) is 16.5. The van der Waals surface area contributed by atoms with Crippen LogP contribution in [0.2, 0.25) is 0 Å². The van der Waals surface area contributed by atoms with Crippen LogP contribution in [0.15, 0.2) is 42.7 Å². The number of halogens is 1. The zero-order valence-corrected chi connectivity index (χ0v) is 16.1. The molecule has 4 nitrogen and oxygen atoms in total. The van der Waals surface area contributed by atoms with Crippen molar-refractivity contribution in [1.82, 2.24) is 15.3 Å². The lowest BCUT2D eigenvalue weighted by Crippen LogP contribution is -2.34. The lowest BCUT2D eigenvalue weighted by atomic mass is 9.85. The molecule has 0 unspecified atom stereocenters. The number of H-pyrrole nitrogens is 1. The summed E-state index contributed by atoms with van der Waals surface area (Å²) < 4.78 is 14.7. The first-order valence-corrected chi connectivity index (χ1v) is 10.3. The molecule has 3 aromatic rings. The van der Waals surface area contributed by atoms with Crippen molar-refractivity contribution < 1.29 is 9.50 Å². The van der Waals surface area contributed by atoms with Crippen LogP contribution in [0.1, 0.15) is 44.1 Å². The minimum atomic E-state index is -0.231. The molecule has 0 radical (unpaired) electrons. The quantitative estimate of drug-likeness (QED) is 0.551. The van der Waals surface area contributed by atoms with E-state index in [1.807, 2.05) is 30.3 Å². The molecule has 1 aromatic heterocycles. The third-order valence-corrected chi connectivity index (χ3v) is 5.92. The standard InChI is InChI=1S/C23H28FN3O/c24-21-11-17(13-25-19(14-28)10-16-4-2-1-3-5-16)6-8-20(21)18-7-9-22-23(12-18)27-15-26-22/h6-9,11-12,15-16,19,25,28H,1-5,10,13-14H2,(H,26,27)/t19-/m0/s1. The van der Waals surface area contributed by atoms with Gasteiger partial charge < -0.3 is 15.4 Å². The fourth-order valence-electron chi connectivity index (χ4n) is 4.32. The van der Waals surface area contributed by atoms with Gasteiger partial charge in [0.1, 0.15) is 5.82 Å². The number of nitrogens with zero attached hydrogens (tertiary/aromatic N) is 1. The van der Waals surface area contributed by atoms with Crippen molar-refractivity contribution >= 4 is 11.0 Å². The zero-order chi connectivity index (χ0) is 19.3. The van der Waals surface area contributed by atoms with Gasteiger partial charge in [0.15, 0.2) is 0 Å². The van der Waals surface area contributed by atoms with Crippen LogP contribution in [-0.4, -0.2) is 27.7 Å². The van der Waals surface area contributed by atoms with Gasteiger partial charge in [0, 0.05) is 18.2 Å². The zero-order valence-electron chi connectivity index (χ0n) is 16.1. The van der Waals surface area contributed by atoms with Crippen LogP contribution in [-0.2, 0) is 6.54 Å². The van der Waals surface area contributed by atoms with Gasteiger partial charge in [0.25, 0.3) is 0 Å². The molecule has 1 fully saturated rings. The van der Waals surface area contributed by atoms with E-state index in [1.54, 1.807) is 12.4 Å². The number of aliphatic hydroxyl groups excluding tert-OH is 1. The smallest absolute Gasteiger partial charge is 0.131 e. The van der Waals surface area contributed by atoms with Crippen LogP contribution in [0, 0.1) is 11.7 Å². The SMILES string of the molecule is OC[C@H](CC1CCCCC1)NCc1ccc(-c2ccc3nc[nH]c3c2)c(F)c1. The highest BCUT2D eigenvalue weighted by atomic mass is 19.1. The van der Waals surface area contributed by atoms with Crippen molar-refractivity contribution in [3.8, 4) is 11.1 Å². The predicted octanol–water partition coefficient (Wildman–Crippen LogP) is 4.79. The van der Waals surface area contributed by atoms with Crippen LogP contribution in [0.25, 0.3) is 22.2 Å². The van der Waals surface area contributed by atoms with Crippen molar-refractivity contribution in [2.75, 3.05) is 6.61 Å². The minimum absolute atomic E-state index is 0.0774. The van der Waals surface area contributed by atoms with E-state index >= 15 is 0 Å². The molecule has 1 heterocycles. The van der Waals surface area contributed by atoms with E-state index in [4.69, 9.17) is 0 Å². The number of rotatable bonds is 7. The van der Waals surface area contributed by atoms with Gasteiger partial charge in [-0.3, -0.25) is 0 Å². The van der Waals surface area contributed by atoms with Crippen LogP contribution in [0.3, 0.4) is 0 Å². The van der Waals surface area contributed by atoms with Gasteiger partial charge in [-0.1, -0.05) is 50.3 Å². The monoisotopic (exact) mass is 381 g/mol. The summed E-state index contributed by atoms with van der Waals surface area (Å²) >= 11 is 0. The van der Waals surface area contributed by atoms with E-state index in [0.717, 1.165) is 28.6 Å². The fourth-order valence-corrected chi connectivity index (χ4v) is 4.32. The topological polar surface area (TPSA) is 60.9 Å². The molecule has 1 atom stereocenters. The van der Waals surface area contributed by atoms with E-state index in [1.165, 1.54) is 32.1 Å². The van der Waals surface area contributed by atoms with Gasteiger partial charge in [-0.25, -0.2) is 9.37 Å². The first-order chi connectivity index (χ1) is 13.7. The second-order valence-electron chi connectivity index (χ2n) is 7.95. The van der Waals surface area contributed by atoms with Crippen molar-refractivity contribution in [2.45, 2.75) is 51.1 Å². The Bertz CT molecular complexity index is 917. The summed E-state index contributed by atoms with van der Waals surface area (Å²) in [6.45, 7) is 0.690. The molecule has 28 heavy (non-hydrogen) atoms. The average molecular weight is 381 g/mol. The number of hydrogen-bond acceptors (Lipinski definition) is 3. The van der Waals surface area contributed by atoms with Gasteiger partial charge in [-0.05, 0) is 41.7 Å². The Hall–Kier alpha value is -2.24. The second-order valence-corrected chi connectivity index (χ2v) is 7.95. The number of hydrogen-bond donors (Lipinski definition) is 3. The molecule has 0 saturated heterocycles. The Morgan fingerprint density at radius 3 is 2.79 bits per heavy atom. The number of aliphatic hydroxyl groups is 1. The third-order valence-electron chi connectivity index (χ3n) is 5.92. The summed E-state index contributed by atoms with van der Waals surface area (Å²) in [5, 5.41) is 13.1. The average Bonchev–Trinajstić information content (AvgIpc) is 3.20. The highest BCUT2D eigenvalue weighted by Gasteiger charge is 2.18. The molecule has 0 bridgehead atoms. The molecule has 0 aliphatic heterocycles. The van der Waals surface area contributed by atoms with Crippen molar-refractivity contribution in [3.63, 3.8) is 0 Å². The lowest BCUT2D eigenvalue weighted by Gasteiger charge is -2.26. The molecule has 1 aliphatic carbocycles. The Balaban J connectivity index is 1.40. The fraction of sp³-hybridized carbons (Fsp3) is 0.435. The second kappa shape index (κ2) is 8.84. The summed E-state index contributed by atoms with van der Waals surface area (Å²) in [5.74, 6) is 0.473. The highest BCUT2D eigenvalue weighted by Crippen LogP contribution is 2.28. The van der Waals surface area contributed by atoms with E-state index in [0.29, 0.717) is 18.0 Å². The summed E-state index contributed by atoms with van der Waals surface area (Å²) in [6, 6.07) is 11.2. The number of fused-ring (bicyclic) bond motifs is 1. The van der Waals surface area contributed by atoms with Crippen LogP contribution < -0.4 is 5.32 Å². The van der Waals surface area contributed by atoms with Gasteiger partial charge in [-0.15, -0.1) is 0 Å².